The molecule has 1 N–H and O–H groups in total. The van der Waals surface area contributed by atoms with Gasteiger partial charge in [0.1, 0.15) is 0 Å². The second-order valence-corrected chi connectivity index (χ2v) is 4.24. The summed E-state index contributed by atoms with van der Waals surface area (Å²) < 4.78 is 1.87. The normalized spacial score (nSPS) is 10.8. The van der Waals surface area contributed by atoms with Gasteiger partial charge < -0.3 is 5.32 Å². The zero-order valence-electron chi connectivity index (χ0n) is 10.7. The van der Waals surface area contributed by atoms with Crippen molar-refractivity contribution in [2.24, 2.45) is 7.05 Å². The Labute approximate surface area is 102 Å². The predicted molar refractivity (Wildman–Crippen MR) is 70.8 cm³/mol. The third-order valence-electron chi connectivity index (χ3n) is 2.89. The number of nitrogens with one attached hydrogen (secondary N) is 1. The SMILES string of the molecule is CCNCc1ccccc1-c1cn(C)nc1C. The summed E-state index contributed by atoms with van der Waals surface area (Å²) in [6.45, 7) is 6.07. The number of benzene rings is 1. The minimum Gasteiger partial charge on any atom is -0.313 e. The van der Waals surface area contributed by atoms with Gasteiger partial charge in [-0.3, -0.25) is 4.68 Å². The highest BCUT2D eigenvalue weighted by atomic mass is 15.2. The van der Waals surface area contributed by atoms with Crippen molar-refractivity contribution < 1.29 is 0 Å². The summed E-state index contributed by atoms with van der Waals surface area (Å²) in [6.07, 6.45) is 2.08. The van der Waals surface area contributed by atoms with Crippen LogP contribution >= 0.6 is 0 Å². The maximum atomic E-state index is 4.41. The molecular weight excluding hydrogens is 210 g/mol. The van der Waals surface area contributed by atoms with Gasteiger partial charge in [0.15, 0.2) is 0 Å². The lowest BCUT2D eigenvalue weighted by molar-refractivity contribution is 0.728. The number of hydrogen-bond acceptors (Lipinski definition) is 2. The molecule has 0 radical (unpaired) electrons. The molecule has 1 heterocycles. The Morgan fingerprint density at radius 3 is 2.65 bits per heavy atom. The van der Waals surface area contributed by atoms with Crippen molar-refractivity contribution in [1.82, 2.24) is 15.1 Å². The molecule has 0 aliphatic carbocycles. The monoisotopic (exact) mass is 229 g/mol. The molecular formula is C14H19N3. The van der Waals surface area contributed by atoms with Crippen LogP contribution in [-0.4, -0.2) is 16.3 Å². The fourth-order valence-electron chi connectivity index (χ4n) is 2.06. The Bertz CT molecular complexity index is 500. The molecule has 0 aliphatic rings. The highest BCUT2D eigenvalue weighted by molar-refractivity contribution is 5.68. The summed E-state index contributed by atoms with van der Waals surface area (Å²) in [5.74, 6) is 0. The second kappa shape index (κ2) is 5.15. The Morgan fingerprint density at radius 2 is 2.00 bits per heavy atom. The molecule has 0 amide bonds. The second-order valence-electron chi connectivity index (χ2n) is 4.24. The van der Waals surface area contributed by atoms with Crippen molar-refractivity contribution in [3.63, 3.8) is 0 Å². The lowest BCUT2D eigenvalue weighted by Gasteiger charge is -2.08. The van der Waals surface area contributed by atoms with Gasteiger partial charge in [0.25, 0.3) is 0 Å². The summed E-state index contributed by atoms with van der Waals surface area (Å²) in [6, 6.07) is 8.50. The quantitative estimate of drug-likeness (QED) is 0.873. The van der Waals surface area contributed by atoms with Gasteiger partial charge in [-0.1, -0.05) is 31.2 Å². The smallest absolute Gasteiger partial charge is 0.0672 e. The number of hydrogen-bond donors (Lipinski definition) is 1. The van der Waals surface area contributed by atoms with Crippen LogP contribution in [-0.2, 0) is 13.6 Å². The van der Waals surface area contributed by atoms with E-state index in [2.05, 4.69) is 54.7 Å². The first-order chi connectivity index (χ1) is 8.22. The molecule has 3 nitrogen and oxygen atoms in total. The highest BCUT2D eigenvalue weighted by Crippen LogP contribution is 2.25. The van der Waals surface area contributed by atoms with Crippen molar-refractivity contribution in [2.75, 3.05) is 6.54 Å². The number of rotatable bonds is 4. The van der Waals surface area contributed by atoms with E-state index in [1.165, 1.54) is 16.7 Å². The van der Waals surface area contributed by atoms with Crippen LogP contribution < -0.4 is 5.32 Å². The van der Waals surface area contributed by atoms with E-state index in [0.717, 1.165) is 18.8 Å². The molecule has 0 fully saturated rings. The van der Waals surface area contributed by atoms with Gasteiger partial charge in [-0.2, -0.15) is 5.10 Å². The van der Waals surface area contributed by atoms with E-state index in [4.69, 9.17) is 0 Å². The molecule has 0 atom stereocenters. The van der Waals surface area contributed by atoms with Crippen LogP contribution in [0.3, 0.4) is 0 Å². The standard InChI is InChI=1S/C14H19N3/c1-4-15-9-12-7-5-6-8-13(12)14-10-17(3)16-11(14)2/h5-8,10,15H,4,9H2,1-3H3. The van der Waals surface area contributed by atoms with Crippen LogP contribution in [0, 0.1) is 6.92 Å². The van der Waals surface area contributed by atoms with Crippen molar-refractivity contribution >= 4 is 0 Å². The lowest BCUT2D eigenvalue weighted by Crippen LogP contribution is -2.12. The molecule has 1 aromatic carbocycles. The van der Waals surface area contributed by atoms with E-state index < -0.39 is 0 Å². The van der Waals surface area contributed by atoms with Gasteiger partial charge in [0.05, 0.1) is 5.69 Å². The number of aryl methyl sites for hydroxylation is 2. The highest BCUT2D eigenvalue weighted by Gasteiger charge is 2.09. The summed E-state index contributed by atoms with van der Waals surface area (Å²) in [7, 11) is 1.96. The third-order valence-corrected chi connectivity index (χ3v) is 2.89. The van der Waals surface area contributed by atoms with Crippen molar-refractivity contribution in [3.05, 3.63) is 41.7 Å². The molecule has 0 saturated carbocycles. The maximum absolute atomic E-state index is 4.41. The summed E-state index contributed by atoms with van der Waals surface area (Å²) in [4.78, 5) is 0. The molecule has 0 saturated heterocycles. The van der Waals surface area contributed by atoms with E-state index in [1.54, 1.807) is 0 Å². The maximum Gasteiger partial charge on any atom is 0.0672 e. The Kier molecular flexibility index (Phi) is 3.59. The number of nitrogens with zero attached hydrogens (tertiary/aromatic N) is 2. The predicted octanol–water partition coefficient (Wildman–Crippen LogP) is 2.51. The van der Waals surface area contributed by atoms with Gasteiger partial charge in [0.2, 0.25) is 0 Å². The molecule has 3 heteroatoms. The van der Waals surface area contributed by atoms with Crippen molar-refractivity contribution in [2.45, 2.75) is 20.4 Å². The van der Waals surface area contributed by atoms with E-state index in [0.29, 0.717) is 0 Å². The van der Waals surface area contributed by atoms with Crippen molar-refractivity contribution in [1.29, 1.82) is 0 Å². The summed E-state index contributed by atoms with van der Waals surface area (Å²) in [5, 5.41) is 7.78. The topological polar surface area (TPSA) is 29.9 Å². The minimum atomic E-state index is 0.904. The fraction of sp³-hybridized carbons (Fsp3) is 0.357. The molecule has 0 aliphatic heterocycles. The van der Waals surface area contributed by atoms with Crippen LogP contribution in [0.4, 0.5) is 0 Å². The van der Waals surface area contributed by atoms with Gasteiger partial charge in [-0.15, -0.1) is 0 Å². The molecule has 1 aromatic heterocycles. The molecule has 0 bridgehead atoms. The third kappa shape index (κ3) is 2.56. The molecule has 0 unspecified atom stereocenters. The van der Waals surface area contributed by atoms with Crippen molar-refractivity contribution in [3.8, 4) is 11.1 Å². The first kappa shape index (κ1) is 11.9. The molecule has 2 aromatic rings. The fourth-order valence-corrected chi connectivity index (χ4v) is 2.06. The van der Waals surface area contributed by atoms with Crippen LogP contribution in [0.5, 0.6) is 0 Å². The van der Waals surface area contributed by atoms with E-state index in [9.17, 15) is 0 Å². The van der Waals surface area contributed by atoms with Crippen LogP contribution in [0.2, 0.25) is 0 Å². The van der Waals surface area contributed by atoms with E-state index in [-0.39, 0.29) is 0 Å². The minimum absolute atomic E-state index is 0.904. The first-order valence-electron chi connectivity index (χ1n) is 6.01. The largest absolute Gasteiger partial charge is 0.313 e. The summed E-state index contributed by atoms with van der Waals surface area (Å²) >= 11 is 0. The first-order valence-corrected chi connectivity index (χ1v) is 6.01. The van der Waals surface area contributed by atoms with E-state index in [1.807, 2.05) is 11.7 Å². The zero-order chi connectivity index (χ0) is 12.3. The number of aromatic nitrogens is 2. The van der Waals surface area contributed by atoms with Crippen LogP contribution in [0.15, 0.2) is 30.5 Å². The summed E-state index contributed by atoms with van der Waals surface area (Å²) in [5.41, 5.74) is 4.90. The molecule has 90 valence electrons. The van der Waals surface area contributed by atoms with Gasteiger partial charge in [0, 0.05) is 25.4 Å². The van der Waals surface area contributed by atoms with Crippen LogP contribution in [0.25, 0.3) is 11.1 Å². The average molecular weight is 229 g/mol. The van der Waals surface area contributed by atoms with Crippen LogP contribution in [0.1, 0.15) is 18.2 Å². The zero-order valence-corrected chi connectivity index (χ0v) is 10.7. The Balaban J connectivity index is 2.40. The molecule has 17 heavy (non-hydrogen) atoms. The average Bonchev–Trinajstić information content (AvgIpc) is 2.66. The Morgan fingerprint density at radius 1 is 1.24 bits per heavy atom. The van der Waals surface area contributed by atoms with Gasteiger partial charge in [-0.05, 0) is 24.6 Å². The molecule has 2 rings (SSSR count). The lowest BCUT2D eigenvalue weighted by atomic mass is 10.0. The Hall–Kier alpha value is -1.61. The van der Waals surface area contributed by atoms with Gasteiger partial charge in [-0.25, -0.2) is 0 Å². The van der Waals surface area contributed by atoms with E-state index >= 15 is 0 Å². The van der Waals surface area contributed by atoms with Gasteiger partial charge >= 0.3 is 0 Å². The molecule has 0 spiro atoms.